The zero-order valence-corrected chi connectivity index (χ0v) is 8.81. The molecule has 0 radical (unpaired) electrons. The maximum atomic E-state index is 5.44. The normalized spacial score (nSPS) is 11.0. The van der Waals surface area contributed by atoms with E-state index in [1.165, 1.54) is 32.2 Å². The molecule has 0 spiro atoms. The van der Waals surface area contributed by atoms with Crippen LogP contribution < -0.4 is 0 Å². The molecule has 0 aliphatic carbocycles. The van der Waals surface area contributed by atoms with Gasteiger partial charge in [-0.1, -0.05) is 13.3 Å². The first-order valence-corrected chi connectivity index (χ1v) is 5.00. The van der Waals surface area contributed by atoms with Crippen LogP contribution in [0.5, 0.6) is 0 Å². The van der Waals surface area contributed by atoms with E-state index in [0.717, 1.165) is 13.2 Å². The van der Waals surface area contributed by atoms with Gasteiger partial charge in [0, 0.05) is 13.2 Å². The van der Waals surface area contributed by atoms with Crippen LogP contribution in [0, 0.1) is 0 Å². The third kappa shape index (κ3) is 9.92. The number of rotatable bonds is 8. The molecule has 0 N–H and O–H groups in total. The van der Waals surface area contributed by atoms with Crippen molar-refractivity contribution in [3.8, 4) is 0 Å². The molecular weight excluding hydrogens is 150 g/mol. The van der Waals surface area contributed by atoms with Crippen molar-refractivity contribution in [2.24, 2.45) is 0 Å². The molecule has 0 atom stereocenters. The molecule has 0 rings (SSSR count). The maximum absolute atomic E-state index is 5.44. The number of ether oxygens (including phenoxy) is 1. The monoisotopic (exact) mass is 173 g/mol. The van der Waals surface area contributed by atoms with E-state index in [0.29, 0.717) is 0 Å². The average Bonchev–Trinajstić information content (AvgIpc) is 2.02. The molecule has 0 saturated carbocycles. The van der Waals surface area contributed by atoms with Crippen molar-refractivity contribution >= 4 is 0 Å². The van der Waals surface area contributed by atoms with Crippen LogP contribution in [0.1, 0.15) is 32.6 Å². The number of hydrogen-bond donors (Lipinski definition) is 0. The lowest BCUT2D eigenvalue weighted by molar-refractivity contribution is 0.126. The van der Waals surface area contributed by atoms with Crippen LogP contribution in [0.2, 0.25) is 0 Å². The minimum atomic E-state index is 0.938. The first-order valence-electron chi connectivity index (χ1n) is 5.00. The van der Waals surface area contributed by atoms with E-state index in [9.17, 15) is 0 Å². The van der Waals surface area contributed by atoms with E-state index in [1.54, 1.807) is 0 Å². The summed E-state index contributed by atoms with van der Waals surface area (Å²) in [6, 6.07) is 0. The summed E-state index contributed by atoms with van der Waals surface area (Å²) in [5.74, 6) is 0. The quantitative estimate of drug-likeness (QED) is 0.521. The number of unbranched alkanes of at least 4 members (excludes halogenated alkanes) is 2. The van der Waals surface area contributed by atoms with Crippen LogP contribution >= 0.6 is 0 Å². The van der Waals surface area contributed by atoms with Gasteiger partial charge < -0.3 is 9.64 Å². The van der Waals surface area contributed by atoms with Crippen LogP contribution in [0.15, 0.2) is 0 Å². The molecule has 12 heavy (non-hydrogen) atoms. The Kier molecular flexibility index (Phi) is 8.95. The third-order valence-corrected chi connectivity index (χ3v) is 1.79. The summed E-state index contributed by atoms with van der Waals surface area (Å²) in [6.07, 6.45) is 4.88. The molecule has 0 aliphatic rings. The van der Waals surface area contributed by atoms with Crippen LogP contribution in [0.25, 0.3) is 0 Å². The molecule has 0 bridgehead atoms. The molecule has 2 heteroatoms. The summed E-state index contributed by atoms with van der Waals surface area (Å²) in [5, 5.41) is 0. The van der Waals surface area contributed by atoms with Gasteiger partial charge in [0.2, 0.25) is 0 Å². The van der Waals surface area contributed by atoms with Gasteiger partial charge in [0.15, 0.2) is 0 Å². The molecule has 0 unspecified atom stereocenters. The zero-order valence-electron chi connectivity index (χ0n) is 8.81. The molecule has 0 aromatic rings. The molecule has 2 nitrogen and oxygen atoms in total. The molecule has 0 amide bonds. The fourth-order valence-electron chi connectivity index (χ4n) is 0.981. The molecular formula is C10H23NO. The standard InChI is InChI=1S/C10H23NO/c1-4-5-9-12-10-7-6-8-11(2)3/h4-10H2,1-3H3. The SMILES string of the molecule is CCCCOCCCCN(C)C. The largest absolute Gasteiger partial charge is 0.381 e. The second kappa shape index (κ2) is 9.01. The Morgan fingerprint density at radius 2 is 1.67 bits per heavy atom. The highest BCUT2D eigenvalue weighted by Gasteiger charge is 1.91. The van der Waals surface area contributed by atoms with Crippen molar-refractivity contribution in [1.29, 1.82) is 0 Å². The van der Waals surface area contributed by atoms with Gasteiger partial charge in [0.05, 0.1) is 0 Å². The predicted octanol–water partition coefficient (Wildman–Crippen LogP) is 2.14. The lowest BCUT2D eigenvalue weighted by atomic mass is 10.3. The fourth-order valence-corrected chi connectivity index (χ4v) is 0.981. The topological polar surface area (TPSA) is 12.5 Å². The van der Waals surface area contributed by atoms with Gasteiger partial charge in [0.1, 0.15) is 0 Å². The lowest BCUT2D eigenvalue weighted by Crippen LogP contribution is -2.13. The highest BCUT2D eigenvalue weighted by atomic mass is 16.5. The minimum absolute atomic E-state index is 0.938. The van der Waals surface area contributed by atoms with Crippen molar-refractivity contribution in [2.75, 3.05) is 33.9 Å². The summed E-state index contributed by atoms with van der Waals surface area (Å²) in [4.78, 5) is 2.21. The van der Waals surface area contributed by atoms with E-state index < -0.39 is 0 Å². The Morgan fingerprint density at radius 1 is 1.00 bits per heavy atom. The maximum Gasteiger partial charge on any atom is 0.0466 e. The van der Waals surface area contributed by atoms with Crippen LogP contribution in [-0.4, -0.2) is 38.8 Å². The van der Waals surface area contributed by atoms with Gasteiger partial charge in [-0.3, -0.25) is 0 Å². The van der Waals surface area contributed by atoms with Gasteiger partial charge in [-0.25, -0.2) is 0 Å². The minimum Gasteiger partial charge on any atom is -0.381 e. The Balaban J connectivity index is 2.82. The van der Waals surface area contributed by atoms with Gasteiger partial charge >= 0.3 is 0 Å². The second-order valence-electron chi connectivity index (χ2n) is 3.48. The van der Waals surface area contributed by atoms with Crippen LogP contribution in [0.3, 0.4) is 0 Å². The molecule has 0 fully saturated rings. The highest BCUT2D eigenvalue weighted by Crippen LogP contribution is 1.93. The lowest BCUT2D eigenvalue weighted by Gasteiger charge is -2.08. The average molecular weight is 173 g/mol. The Bertz CT molecular complexity index is 83.9. The predicted molar refractivity (Wildman–Crippen MR) is 53.5 cm³/mol. The third-order valence-electron chi connectivity index (χ3n) is 1.79. The van der Waals surface area contributed by atoms with Gasteiger partial charge in [-0.2, -0.15) is 0 Å². The summed E-state index contributed by atoms with van der Waals surface area (Å²) in [7, 11) is 4.22. The molecule has 0 aromatic carbocycles. The van der Waals surface area contributed by atoms with Crippen LogP contribution in [0.4, 0.5) is 0 Å². The summed E-state index contributed by atoms with van der Waals surface area (Å²) >= 11 is 0. The highest BCUT2D eigenvalue weighted by molar-refractivity contribution is 4.44. The molecule has 0 aromatic heterocycles. The zero-order chi connectivity index (χ0) is 9.23. The first kappa shape index (κ1) is 11.9. The first-order chi connectivity index (χ1) is 5.77. The van der Waals surface area contributed by atoms with E-state index in [-0.39, 0.29) is 0 Å². The Morgan fingerprint density at radius 3 is 2.25 bits per heavy atom. The molecule has 0 saturated heterocycles. The summed E-state index contributed by atoms with van der Waals surface area (Å²) in [6.45, 7) is 5.25. The van der Waals surface area contributed by atoms with E-state index >= 15 is 0 Å². The Labute approximate surface area is 76.9 Å². The Hall–Kier alpha value is -0.0800. The number of nitrogens with zero attached hydrogens (tertiary/aromatic N) is 1. The fraction of sp³-hybridized carbons (Fsp3) is 1.00. The second-order valence-corrected chi connectivity index (χ2v) is 3.48. The summed E-state index contributed by atoms with van der Waals surface area (Å²) in [5.41, 5.74) is 0. The van der Waals surface area contributed by atoms with E-state index in [1.807, 2.05) is 0 Å². The summed E-state index contributed by atoms with van der Waals surface area (Å²) < 4.78 is 5.44. The smallest absolute Gasteiger partial charge is 0.0466 e. The van der Waals surface area contributed by atoms with E-state index in [2.05, 4.69) is 25.9 Å². The van der Waals surface area contributed by atoms with Gasteiger partial charge in [-0.15, -0.1) is 0 Å². The molecule has 0 heterocycles. The van der Waals surface area contributed by atoms with Crippen LogP contribution in [-0.2, 0) is 4.74 Å². The van der Waals surface area contributed by atoms with Crippen molar-refractivity contribution in [3.05, 3.63) is 0 Å². The molecule has 0 aliphatic heterocycles. The van der Waals surface area contributed by atoms with Gasteiger partial charge in [-0.05, 0) is 39.9 Å². The number of hydrogen-bond acceptors (Lipinski definition) is 2. The molecule has 74 valence electrons. The van der Waals surface area contributed by atoms with E-state index in [4.69, 9.17) is 4.74 Å². The van der Waals surface area contributed by atoms with Crippen molar-refractivity contribution in [3.63, 3.8) is 0 Å². The van der Waals surface area contributed by atoms with Crippen molar-refractivity contribution in [2.45, 2.75) is 32.6 Å². The van der Waals surface area contributed by atoms with Crippen molar-refractivity contribution < 1.29 is 4.74 Å². The van der Waals surface area contributed by atoms with Gasteiger partial charge in [0.25, 0.3) is 0 Å². The van der Waals surface area contributed by atoms with Crippen molar-refractivity contribution in [1.82, 2.24) is 4.90 Å².